The minimum absolute atomic E-state index is 0.172. The van der Waals surface area contributed by atoms with Gasteiger partial charge < -0.3 is 10.6 Å². The fourth-order valence-electron chi connectivity index (χ4n) is 2.98. The van der Waals surface area contributed by atoms with Crippen LogP contribution in [0.15, 0.2) is 24.3 Å². The lowest BCUT2D eigenvalue weighted by molar-refractivity contribution is 0.0962. The minimum atomic E-state index is -0.386. The van der Waals surface area contributed by atoms with Gasteiger partial charge in [0.2, 0.25) is 0 Å². The van der Waals surface area contributed by atoms with Gasteiger partial charge in [-0.1, -0.05) is 18.5 Å². The van der Waals surface area contributed by atoms with Crippen LogP contribution in [0.4, 0.5) is 15.5 Å². The molecule has 1 aromatic heterocycles. The van der Waals surface area contributed by atoms with Crippen LogP contribution in [0.2, 0.25) is 5.02 Å². The van der Waals surface area contributed by atoms with Crippen molar-refractivity contribution >= 4 is 45.6 Å². The molecular weight excluding hydrogens is 372 g/mol. The minimum Gasteiger partial charge on any atom is -0.355 e. The molecule has 0 radical (unpaired) electrons. The molecule has 8 heteroatoms. The highest BCUT2D eigenvalue weighted by Gasteiger charge is 2.27. The normalized spacial score (nSPS) is 13.8. The third kappa shape index (κ3) is 4.00. The summed E-state index contributed by atoms with van der Waals surface area (Å²) in [5.41, 5.74) is 2.25. The smallest absolute Gasteiger partial charge is 0.324 e. The summed E-state index contributed by atoms with van der Waals surface area (Å²) < 4.78 is 0. The van der Waals surface area contributed by atoms with E-state index in [1.54, 1.807) is 31.3 Å². The Bertz CT molecular complexity index is 819. The number of anilines is 2. The summed E-state index contributed by atoms with van der Waals surface area (Å²) in [4.78, 5) is 28.2. The molecule has 0 saturated carbocycles. The topological polar surface area (TPSA) is 73.5 Å². The molecule has 3 N–H and O–H groups in total. The molecule has 138 valence electrons. The van der Waals surface area contributed by atoms with E-state index >= 15 is 0 Å². The molecule has 3 rings (SSSR count). The Morgan fingerprint density at radius 2 is 1.96 bits per heavy atom. The Labute approximate surface area is 161 Å². The van der Waals surface area contributed by atoms with Crippen molar-refractivity contribution in [2.45, 2.75) is 19.9 Å². The van der Waals surface area contributed by atoms with Crippen LogP contribution in [0, 0.1) is 0 Å². The first-order chi connectivity index (χ1) is 12.5. The summed E-state index contributed by atoms with van der Waals surface area (Å²) in [6.45, 7) is 4.81. The first kappa shape index (κ1) is 18.7. The number of hydrogen-bond acceptors (Lipinski definition) is 4. The van der Waals surface area contributed by atoms with Crippen LogP contribution >= 0.6 is 22.9 Å². The third-order valence-corrected chi connectivity index (χ3v) is 5.75. The second-order valence-electron chi connectivity index (χ2n) is 5.99. The number of thiophene rings is 1. The lowest BCUT2D eigenvalue weighted by Gasteiger charge is -2.25. The molecular formula is C18H21ClN4O2S. The zero-order valence-corrected chi connectivity index (χ0v) is 16.3. The Balaban J connectivity index is 1.82. The summed E-state index contributed by atoms with van der Waals surface area (Å²) in [6, 6.07) is 6.47. The van der Waals surface area contributed by atoms with Gasteiger partial charge in [-0.15, -0.1) is 11.3 Å². The summed E-state index contributed by atoms with van der Waals surface area (Å²) >= 11 is 7.33. The van der Waals surface area contributed by atoms with Crippen LogP contribution in [0.1, 0.15) is 27.7 Å². The molecule has 0 unspecified atom stereocenters. The van der Waals surface area contributed by atoms with E-state index in [1.165, 1.54) is 11.3 Å². The summed E-state index contributed by atoms with van der Waals surface area (Å²) in [5.74, 6) is -0.172. The largest absolute Gasteiger partial charge is 0.355 e. The quantitative estimate of drug-likeness (QED) is 0.741. The van der Waals surface area contributed by atoms with Gasteiger partial charge in [-0.25, -0.2) is 4.79 Å². The predicted molar refractivity (Wildman–Crippen MR) is 106 cm³/mol. The maximum Gasteiger partial charge on any atom is 0.324 e. The molecule has 1 aliphatic heterocycles. The molecule has 0 atom stereocenters. The van der Waals surface area contributed by atoms with E-state index in [0.717, 1.165) is 36.5 Å². The molecule has 1 aromatic carbocycles. The van der Waals surface area contributed by atoms with E-state index < -0.39 is 0 Å². The third-order valence-electron chi connectivity index (χ3n) is 4.37. The average Bonchev–Trinajstić information content (AvgIpc) is 2.99. The molecule has 0 fully saturated rings. The van der Waals surface area contributed by atoms with Gasteiger partial charge >= 0.3 is 6.03 Å². The number of nitrogens with one attached hydrogen (secondary N) is 3. The fraction of sp³-hybridized carbons (Fsp3) is 0.333. The van der Waals surface area contributed by atoms with Gasteiger partial charge in [-0.05, 0) is 42.8 Å². The van der Waals surface area contributed by atoms with Gasteiger partial charge in [0.1, 0.15) is 5.00 Å². The SMILES string of the molecule is CCN1CCc2c(sc(NC(=O)Nc3ccc(Cl)cc3)c2C(=O)NC)C1. The van der Waals surface area contributed by atoms with E-state index in [0.29, 0.717) is 21.3 Å². The van der Waals surface area contributed by atoms with Gasteiger partial charge in [0.25, 0.3) is 5.91 Å². The number of hydrogen-bond donors (Lipinski definition) is 3. The fourth-order valence-corrected chi connectivity index (χ4v) is 4.39. The first-order valence-electron chi connectivity index (χ1n) is 8.44. The number of benzene rings is 1. The van der Waals surface area contributed by atoms with E-state index in [2.05, 4.69) is 27.8 Å². The second-order valence-corrected chi connectivity index (χ2v) is 7.53. The molecule has 0 aliphatic carbocycles. The lowest BCUT2D eigenvalue weighted by Crippen LogP contribution is -2.30. The summed E-state index contributed by atoms with van der Waals surface area (Å²) in [6.07, 6.45) is 0.808. The van der Waals surface area contributed by atoms with Crippen molar-refractivity contribution in [2.24, 2.45) is 0 Å². The summed E-state index contributed by atoms with van der Waals surface area (Å²) in [5, 5.41) is 9.46. The monoisotopic (exact) mass is 392 g/mol. The van der Waals surface area contributed by atoms with E-state index in [-0.39, 0.29) is 11.9 Å². The molecule has 6 nitrogen and oxygen atoms in total. The van der Waals surface area contributed by atoms with E-state index in [1.807, 2.05) is 0 Å². The average molecular weight is 393 g/mol. The Kier molecular flexibility index (Phi) is 5.80. The van der Waals surface area contributed by atoms with Gasteiger partial charge in [0.05, 0.1) is 5.56 Å². The molecule has 2 heterocycles. The number of fused-ring (bicyclic) bond motifs is 1. The maximum absolute atomic E-state index is 12.4. The van der Waals surface area contributed by atoms with Crippen molar-refractivity contribution in [1.82, 2.24) is 10.2 Å². The molecule has 26 heavy (non-hydrogen) atoms. The molecule has 2 aromatic rings. The van der Waals surface area contributed by atoms with Crippen LogP contribution < -0.4 is 16.0 Å². The molecule has 0 bridgehead atoms. The van der Waals surface area contributed by atoms with Crippen LogP contribution in [0.3, 0.4) is 0 Å². The van der Waals surface area contributed by atoms with Crippen molar-refractivity contribution in [1.29, 1.82) is 0 Å². The number of nitrogens with zero attached hydrogens (tertiary/aromatic N) is 1. The Hall–Kier alpha value is -2.09. The van der Waals surface area contributed by atoms with Gasteiger partial charge in [0, 0.05) is 35.7 Å². The lowest BCUT2D eigenvalue weighted by atomic mass is 10.0. The van der Waals surface area contributed by atoms with Crippen LogP contribution in [0.25, 0.3) is 0 Å². The first-order valence-corrected chi connectivity index (χ1v) is 9.63. The number of rotatable bonds is 4. The zero-order valence-electron chi connectivity index (χ0n) is 14.7. The Morgan fingerprint density at radius 1 is 1.23 bits per heavy atom. The Morgan fingerprint density at radius 3 is 2.62 bits per heavy atom. The van der Waals surface area contributed by atoms with Gasteiger partial charge in [-0.2, -0.15) is 0 Å². The van der Waals surface area contributed by atoms with Crippen molar-refractivity contribution in [3.63, 3.8) is 0 Å². The number of urea groups is 1. The predicted octanol–water partition coefficient (Wildman–Crippen LogP) is 3.78. The number of carbonyl (C=O) groups is 2. The molecule has 0 saturated heterocycles. The number of carbonyl (C=O) groups excluding carboxylic acids is 2. The van der Waals surface area contributed by atoms with E-state index in [9.17, 15) is 9.59 Å². The maximum atomic E-state index is 12.4. The van der Waals surface area contributed by atoms with Crippen molar-refractivity contribution in [2.75, 3.05) is 30.8 Å². The van der Waals surface area contributed by atoms with Gasteiger partial charge in [0.15, 0.2) is 0 Å². The van der Waals surface area contributed by atoms with Crippen molar-refractivity contribution in [3.8, 4) is 0 Å². The zero-order chi connectivity index (χ0) is 18.7. The van der Waals surface area contributed by atoms with Crippen LogP contribution in [-0.2, 0) is 13.0 Å². The van der Waals surface area contributed by atoms with Crippen LogP contribution in [0.5, 0.6) is 0 Å². The molecule has 3 amide bonds. The van der Waals surface area contributed by atoms with Crippen molar-refractivity contribution < 1.29 is 9.59 Å². The number of likely N-dealkylation sites (N-methyl/N-ethyl adjacent to an activating group) is 1. The molecule has 0 spiro atoms. The highest BCUT2D eigenvalue weighted by molar-refractivity contribution is 7.17. The van der Waals surface area contributed by atoms with Crippen molar-refractivity contribution in [3.05, 3.63) is 45.3 Å². The van der Waals surface area contributed by atoms with E-state index in [4.69, 9.17) is 11.6 Å². The second kappa shape index (κ2) is 8.07. The highest BCUT2D eigenvalue weighted by Crippen LogP contribution is 2.37. The number of amides is 3. The van der Waals surface area contributed by atoms with Gasteiger partial charge in [-0.3, -0.25) is 15.0 Å². The number of halogens is 1. The molecule has 1 aliphatic rings. The summed E-state index contributed by atoms with van der Waals surface area (Å²) in [7, 11) is 1.60. The standard InChI is InChI=1S/C18H21ClN4O2S/c1-3-23-9-8-13-14(10-23)26-17(15(13)16(24)20-2)22-18(25)21-12-6-4-11(19)5-7-12/h4-7H,3,8-10H2,1-2H3,(H,20,24)(H2,21,22,25). The highest BCUT2D eigenvalue weighted by atomic mass is 35.5. The van der Waals surface area contributed by atoms with Crippen LogP contribution in [-0.4, -0.2) is 37.0 Å².